The van der Waals surface area contributed by atoms with E-state index in [0.29, 0.717) is 19.4 Å². The van der Waals surface area contributed by atoms with E-state index >= 15 is 0 Å². The third-order valence-corrected chi connectivity index (χ3v) is 6.55. The van der Waals surface area contributed by atoms with E-state index in [-0.39, 0.29) is 29.4 Å². The molecule has 0 aromatic heterocycles. The zero-order chi connectivity index (χ0) is 22.3. The molecule has 2 aromatic rings. The van der Waals surface area contributed by atoms with Gasteiger partial charge in [-0.05, 0) is 55.9 Å². The molecule has 0 spiro atoms. The van der Waals surface area contributed by atoms with Gasteiger partial charge in [0.05, 0.1) is 12.3 Å². The molecule has 0 saturated heterocycles. The molecule has 2 aliphatic rings. The van der Waals surface area contributed by atoms with Crippen molar-refractivity contribution in [2.75, 3.05) is 11.5 Å². The molecule has 1 unspecified atom stereocenters. The molecule has 0 radical (unpaired) electrons. The van der Waals surface area contributed by atoms with E-state index in [9.17, 15) is 9.59 Å². The number of para-hydroxylation sites is 1. The van der Waals surface area contributed by atoms with Crippen LogP contribution < -0.4 is 9.64 Å². The van der Waals surface area contributed by atoms with Crippen molar-refractivity contribution < 1.29 is 14.3 Å². The van der Waals surface area contributed by atoms with Crippen LogP contribution in [0.1, 0.15) is 62.6 Å². The van der Waals surface area contributed by atoms with E-state index in [4.69, 9.17) is 4.74 Å². The van der Waals surface area contributed by atoms with Gasteiger partial charge < -0.3 is 4.74 Å². The highest BCUT2D eigenvalue weighted by molar-refractivity contribution is 6.08. The SMILES string of the molecule is CCOc1ccccc1C1CC(=O)N(c2cccc(C)c2C)C2=C1C(=O)CC(C)(C)C2. The maximum absolute atomic E-state index is 13.6. The number of benzene rings is 2. The van der Waals surface area contributed by atoms with Crippen LogP contribution in [0.25, 0.3) is 0 Å². The van der Waals surface area contributed by atoms with Gasteiger partial charge in [-0.1, -0.05) is 44.2 Å². The zero-order valence-electron chi connectivity index (χ0n) is 19.1. The van der Waals surface area contributed by atoms with E-state index in [1.807, 2.05) is 55.1 Å². The third kappa shape index (κ3) is 3.80. The minimum absolute atomic E-state index is 0.0363. The summed E-state index contributed by atoms with van der Waals surface area (Å²) in [6, 6.07) is 13.8. The number of Topliss-reactive ketones (excluding diaryl/α,β-unsaturated/α-hetero) is 1. The molecule has 162 valence electrons. The summed E-state index contributed by atoms with van der Waals surface area (Å²) in [6.45, 7) is 10.8. The van der Waals surface area contributed by atoms with E-state index < -0.39 is 0 Å². The number of carbonyl (C=O) groups is 2. The van der Waals surface area contributed by atoms with Gasteiger partial charge >= 0.3 is 0 Å². The molecule has 1 atom stereocenters. The Bertz CT molecular complexity index is 1080. The van der Waals surface area contributed by atoms with Gasteiger partial charge in [0, 0.05) is 35.6 Å². The number of ether oxygens (including phenoxy) is 1. The molecule has 1 aliphatic heterocycles. The summed E-state index contributed by atoms with van der Waals surface area (Å²) in [5.41, 5.74) is 5.49. The first-order valence-corrected chi connectivity index (χ1v) is 11.1. The fraction of sp³-hybridized carbons (Fsp3) is 0.407. The molecule has 1 heterocycles. The molecule has 1 amide bonds. The Labute approximate surface area is 184 Å². The van der Waals surface area contributed by atoms with Gasteiger partial charge in [0.2, 0.25) is 5.91 Å². The van der Waals surface area contributed by atoms with Crippen LogP contribution >= 0.6 is 0 Å². The summed E-state index contributed by atoms with van der Waals surface area (Å²) < 4.78 is 5.87. The van der Waals surface area contributed by atoms with Crippen LogP contribution in [0.4, 0.5) is 5.69 Å². The maximum atomic E-state index is 13.6. The average molecular weight is 418 g/mol. The number of aryl methyl sites for hydroxylation is 1. The van der Waals surface area contributed by atoms with Crippen LogP contribution in [0.3, 0.4) is 0 Å². The number of nitrogens with zero attached hydrogens (tertiary/aromatic N) is 1. The third-order valence-electron chi connectivity index (χ3n) is 6.55. The van der Waals surface area contributed by atoms with Crippen molar-refractivity contribution in [2.24, 2.45) is 5.41 Å². The van der Waals surface area contributed by atoms with Gasteiger partial charge in [-0.3, -0.25) is 14.5 Å². The average Bonchev–Trinajstić information content (AvgIpc) is 2.70. The fourth-order valence-electron chi connectivity index (χ4n) is 4.99. The van der Waals surface area contributed by atoms with Gasteiger partial charge in [-0.15, -0.1) is 0 Å². The lowest BCUT2D eigenvalue weighted by Crippen LogP contribution is -2.44. The quantitative estimate of drug-likeness (QED) is 0.625. The smallest absolute Gasteiger partial charge is 0.232 e. The lowest BCUT2D eigenvalue weighted by molar-refractivity contribution is -0.121. The fourth-order valence-corrected chi connectivity index (χ4v) is 4.99. The zero-order valence-corrected chi connectivity index (χ0v) is 19.1. The summed E-state index contributed by atoms with van der Waals surface area (Å²) in [5.74, 6) is 0.669. The number of hydrogen-bond donors (Lipinski definition) is 0. The standard InChI is InChI=1S/C27H31NO3/c1-6-31-24-13-8-7-11-19(24)20-14-25(30)28(21-12-9-10-17(2)18(21)3)22-15-27(4,5)16-23(29)26(20)22/h7-13,20H,6,14-16H2,1-5H3. The Morgan fingerprint density at radius 1 is 1.03 bits per heavy atom. The summed E-state index contributed by atoms with van der Waals surface area (Å²) in [4.78, 5) is 28.9. The molecular formula is C27H31NO3. The normalized spacial score (nSPS) is 20.7. The number of ketones is 1. The van der Waals surface area contributed by atoms with E-state index in [0.717, 1.165) is 39.4 Å². The molecule has 31 heavy (non-hydrogen) atoms. The van der Waals surface area contributed by atoms with E-state index in [1.165, 1.54) is 0 Å². The van der Waals surface area contributed by atoms with Crippen molar-refractivity contribution in [1.82, 2.24) is 0 Å². The number of carbonyl (C=O) groups excluding carboxylic acids is 2. The highest BCUT2D eigenvalue weighted by Gasteiger charge is 2.45. The topological polar surface area (TPSA) is 46.6 Å². The number of allylic oxidation sites excluding steroid dienone is 2. The van der Waals surface area contributed by atoms with Crippen molar-refractivity contribution in [3.05, 3.63) is 70.4 Å². The lowest BCUT2D eigenvalue weighted by Gasteiger charge is -2.43. The summed E-state index contributed by atoms with van der Waals surface area (Å²) in [7, 11) is 0. The molecule has 4 nitrogen and oxygen atoms in total. The molecule has 4 rings (SSSR count). The molecule has 2 aromatic carbocycles. The van der Waals surface area contributed by atoms with Crippen LogP contribution in [0.15, 0.2) is 53.7 Å². The summed E-state index contributed by atoms with van der Waals surface area (Å²) in [6.07, 6.45) is 1.46. The second-order valence-electron chi connectivity index (χ2n) is 9.48. The molecule has 0 bridgehead atoms. The van der Waals surface area contributed by atoms with Gasteiger partial charge in [-0.25, -0.2) is 0 Å². The number of amides is 1. The van der Waals surface area contributed by atoms with Crippen LogP contribution in [0, 0.1) is 19.3 Å². The van der Waals surface area contributed by atoms with Crippen LogP contribution in [-0.2, 0) is 9.59 Å². The van der Waals surface area contributed by atoms with Crippen LogP contribution in [0.2, 0.25) is 0 Å². The number of anilines is 1. The Kier molecular flexibility index (Phi) is 5.50. The summed E-state index contributed by atoms with van der Waals surface area (Å²) in [5, 5.41) is 0. The minimum atomic E-state index is -0.268. The highest BCUT2D eigenvalue weighted by atomic mass is 16.5. The van der Waals surface area contributed by atoms with Gasteiger partial charge in [0.1, 0.15) is 5.75 Å². The largest absolute Gasteiger partial charge is 0.494 e. The first-order valence-electron chi connectivity index (χ1n) is 11.1. The summed E-state index contributed by atoms with van der Waals surface area (Å²) >= 11 is 0. The lowest BCUT2D eigenvalue weighted by atomic mass is 9.69. The van der Waals surface area contributed by atoms with Crippen molar-refractivity contribution in [1.29, 1.82) is 0 Å². The molecule has 0 fully saturated rings. The molecule has 0 saturated carbocycles. The molecule has 0 N–H and O–H groups in total. The van der Waals surface area contributed by atoms with Gasteiger partial charge in [-0.2, -0.15) is 0 Å². The Morgan fingerprint density at radius 2 is 1.77 bits per heavy atom. The second kappa shape index (κ2) is 7.99. The predicted octanol–water partition coefficient (Wildman–Crippen LogP) is 5.87. The Hall–Kier alpha value is -2.88. The highest BCUT2D eigenvalue weighted by Crippen LogP contribution is 2.49. The van der Waals surface area contributed by atoms with Crippen LogP contribution in [-0.4, -0.2) is 18.3 Å². The first kappa shape index (κ1) is 21.4. The van der Waals surface area contributed by atoms with E-state index in [2.05, 4.69) is 26.8 Å². The van der Waals surface area contributed by atoms with Gasteiger partial charge in [0.25, 0.3) is 0 Å². The van der Waals surface area contributed by atoms with Crippen molar-refractivity contribution in [3.8, 4) is 5.75 Å². The Morgan fingerprint density at radius 3 is 2.52 bits per heavy atom. The predicted molar refractivity (Wildman–Crippen MR) is 123 cm³/mol. The minimum Gasteiger partial charge on any atom is -0.494 e. The first-order chi connectivity index (χ1) is 14.7. The second-order valence-corrected chi connectivity index (χ2v) is 9.48. The van der Waals surface area contributed by atoms with E-state index in [1.54, 1.807) is 0 Å². The number of rotatable bonds is 4. The molecular weight excluding hydrogens is 386 g/mol. The van der Waals surface area contributed by atoms with Gasteiger partial charge in [0.15, 0.2) is 5.78 Å². The number of hydrogen-bond acceptors (Lipinski definition) is 3. The van der Waals surface area contributed by atoms with Crippen molar-refractivity contribution in [2.45, 2.75) is 59.8 Å². The maximum Gasteiger partial charge on any atom is 0.232 e. The van der Waals surface area contributed by atoms with Crippen molar-refractivity contribution in [3.63, 3.8) is 0 Å². The Balaban J connectivity index is 1.94. The monoisotopic (exact) mass is 417 g/mol. The van der Waals surface area contributed by atoms with Crippen LogP contribution in [0.5, 0.6) is 5.75 Å². The molecule has 4 heteroatoms. The molecule has 1 aliphatic carbocycles. The van der Waals surface area contributed by atoms with Crippen molar-refractivity contribution >= 4 is 17.4 Å².